The molecule has 1 amide bonds. The zero-order valence-electron chi connectivity index (χ0n) is 26.9. The van der Waals surface area contributed by atoms with E-state index in [0.717, 1.165) is 55.3 Å². The molecule has 2 aromatic rings. The van der Waals surface area contributed by atoms with Crippen molar-refractivity contribution in [2.75, 3.05) is 18.6 Å². The van der Waals surface area contributed by atoms with Crippen LogP contribution in [0.2, 0.25) is 0 Å². The number of hydrogen-bond donors (Lipinski definition) is 0. The molecule has 47 heavy (non-hydrogen) atoms. The van der Waals surface area contributed by atoms with Crippen molar-refractivity contribution in [1.82, 2.24) is 9.88 Å². The maximum Gasteiger partial charge on any atom is 0.453 e. The van der Waals surface area contributed by atoms with Gasteiger partial charge < -0.3 is 9.47 Å². The summed E-state index contributed by atoms with van der Waals surface area (Å²) >= 11 is 0. The van der Waals surface area contributed by atoms with E-state index >= 15 is 0 Å². The minimum absolute atomic E-state index is 0.0653. The van der Waals surface area contributed by atoms with E-state index < -0.39 is 41.8 Å². The normalized spacial score (nSPS) is 29.1. The fourth-order valence-corrected chi connectivity index (χ4v) is 10.3. The summed E-state index contributed by atoms with van der Waals surface area (Å²) in [5.41, 5.74) is 4.39. The highest BCUT2D eigenvalue weighted by Gasteiger charge is 2.58. The highest BCUT2D eigenvalue weighted by Crippen LogP contribution is 2.63. The summed E-state index contributed by atoms with van der Waals surface area (Å²) in [4.78, 5) is 19.1. The van der Waals surface area contributed by atoms with Crippen LogP contribution in [-0.2, 0) is 35.0 Å². The van der Waals surface area contributed by atoms with Crippen LogP contribution in [-0.4, -0.2) is 57.0 Å². The molecule has 0 N–H and O–H groups in total. The van der Waals surface area contributed by atoms with Gasteiger partial charge in [-0.05, 0) is 115 Å². The Hall–Kier alpha value is -2.60. The van der Waals surface area contributed by atoms with E-state index in [4.69, 9.17) is 9.47 Å². The minimum Gasteiger partial charge on any atom is -0.410 e. The number of amides is 1. The molecule has 6 nitrogen and oxygen atoms in total. The number of pyridine rings is 1. The molecule has 2 saturated carbocycles. The Morgan fingerprint density at radius 1 is 1.06 bits per heavy atom. The molecule has 2 heterocycles. The molecule has 258 valence electrons. The topological polar surface area (TPSA) is 68.7 Å². The molecule has 0 spiro atoms. The molecule has 3 aliphatic carbocycles. The first kappa shape index (κ1) is 34.3. The Morgan fingerprint density at radius 3 is 2.60 bits per heavy atom. The number of alkyl halides is 5. The van der Waals surface area contributed by atoms with Gasteiger partial charge in [0.2, 0.25) is 0 Å². The quantitative estimate of drug-likeness (QED) is 0.237. The molecule has 1 unspecified atom stereocenters. The molecule has 1 aromatic carbocycles. The zero-order valence-corrected chi connectivity index (χ0v) is 27.7. The fraction of sp³-hybridized carbons (Fsp3) is 0.657. The molecule has 0 radical (unpaired) electrons. The van der Waals surface area contributed by atoms with Crippen LogP contribution >= 0.6 is 0 Å². The number of benzene rings is 1. The predicted molar refractivity (Wildman–Crippen MR) is 168 cm³/mol. The van der Waals surface area contributed by atoms with E-state index in [0.29, 0.717) is 43.0 Å². The van der Waals surface area contributed by atoms with Crippen molar-refractivity contribution in [2.45, 2.75) is 102 Å². The number of halogens is 5. The number of hydrogen-bond acceptors (Lipinski definition) is 5. The lowest BCUT2D eigenvalue weighted by atomic mass is 9.52. The van der Waals surface area contributed by atoms with Crippen LogP contribution in [0.3, 0.4) is 0 Å². The summed E-state index contributed by atoms with van der Waals surface area (Å²) in [5, 5.41) is 0. The number of ether oxygens (including phenoxy) is 2. The molecular weight excluding hydrogens is 639 g/mol. The SMILES string of the molecule is CO[C@H]1CC[C@H]2[C@@H]3[C@H](CCCS(=O)CCCC(F)(F)C(F)(F)F)Cc4cc(OC(=O)N5Cc6cccnc6C5)ccc4[C@H]3CC[C@]12C. The highest BCUT2D eigenvalue weighted by atomic mass is 32.2. The van der Waals surface area contributed by atoms with Gasteiger partial charge in [-0.3, -0.25) is 14.1 Å². The molecule has 4 aliphatic rings. The van der Waals surface area contributed by atoms with Gasteiger partial charge in [-0.1, -0.05) is 19.1 Å². The molecule has 0 bridgehead atoms. The second-order valence-electron chi connectivity index (χ2n) is 14.1. The van der Waals surface area contributed by atoms with Gasteiger partial charge in [-0.2, -0.15) is 22.0 Å². The van der Waals surface area contributed by atoms with Crippen LogP contribution in [0.15, 0.2) is 36.5 Å². The van der Waals surface area contributed by atoms with Gasteiger partial charge in [0.15, 0.2) is 0 Å². The van der Waals surface area contributed by atoms with Crippen molar-refractivity contribution in [3.8, 4) is 5.75 Å². The van der Waals surface area contributed by atoms with Crippen molar-refractivity contribution < 1.29 is 40.4 Å². The maximum absolute atomic E-state index is 13.3. The summed E-state index contributed by atoms with van der Waals surface area (Å²) in [6.45, 7) is 3.20. The maximum atomic E-state index is 13.3. The average Bonchev–Trinajstić information content (AvgIpc) is 3.61. The van der Waals surface area contributed by atoms with E-state index in [1.54, 1.807) is 18.2 Å². The third-order valence-electron chi connectivity index (χ3n) is 11.4. The number of methoxy groups -OCH3 is 1. The standard InChI is InChI=1S/C35H43F5N2O4S/c1-33-14-12-27-26-9-8-25(46-32(43)42-20-23-6-3-15-41-29(23)21-42)19-24(26)18-22(31(27)28(33)10-11-30(33)45-2)7-4-16-47(44)17-5-13-34(36,37)35(38,39)40/h3,6,8-9,15,19,22,27-28,30-31H,4-5,7,10-14,16-18,20-21H2,1-2H3/t22-,27-,28+,30+,31-,33+,47?/m1/s1. The molecular formula is C35H43F5N2O4S. The molecule has 2 fully saturated rings. The summed E-state index contributed by atoms with van der Waals surface area (Å²) in [6, 6.07) is 9.80. The Balaban J connectivity index is 1.14. The Bertz CT molecular complexity index is 1460. The predicted octanol–water partition coefficient (Wildman–Crippen LogP) is 8.20. The van der Waals surface area contributed by atoms with Gasteiger partial charge in [0.1, 0.15) is 5.75 Å². The van der Waals surface area contributed by atoms with Crippen molar-refractivity contribution in [2.24, 2.45) is 23.2 Å². The second-order valence-corrected chi connectivity index (χ2v) is 15.8. The molecule has 7 atom stereocenters. The summed E-state index contributed by atoms with van der Waals surface area (Å²) in [6.07, 6.45) is 0.412. The average molecular weight is 683 g/mol. The van der Waals surface area contributed by atoms with Crippen LogP contribution in [0.25, 0.3) is 0 Å². The van der Waals surface area contributed by atoms with E-state index in [-0.39, 0.29) is 28.9 Å². The zero-order chi connectivity index (χ0) is 33.6. The number of carbonyl (C=O) groups is 1. The van der Waals surface area contributed by atoms with Gasteiger partial charge in [0.25, 0.3) is 0 Å². The minimum atomic E-state index is -5.59. The van der Waals surface area contributed by atoms with Crippen LogP contribution < -0.4 is 4.74 Å². The Morgan fingerprint density at radius 2 is 1.85 bits per heavy atom. The Kier molecular flexibility index (Phi) is 9.75. The lowest BCUT2D eigenvalue weighted by molar-refractivity contribution is -0.284. The first-order chi connectivity index (χ1) is 22.3. The number of carbonyl (C=O) groups excluding carboxylic acids is 1. The van der Waals surface area contributed by atoms with Crippen LogP contribution in [0, 0.1) is 23.2 Å². The summed E-state index contributed by atoms with van der Waals surface area (Å²) in [5.74, 6) is -2.72. The van der Waals surface area contributed by atoms with E-state index in [1.165, 1.54) is 5.56 Å². The van der Waals surface area contributed by atoms with E-state index in [1.807, 2.05) is 24.3 Å². The molecule has 1 aliphatic heterocycles. The second kappa shape index (κ2) is 13.4. The van der Waals surface area contributed by atoms with Crippen LogP contribution in [0.1, 0.15) is 86.6 Å². The third-order valence-corrected chi connectivity index (χ3v) is 12.9. The smallest absolute Gasteiger partial charge is 0.410 e. The fourth-order valence-electron chi connectivity index (χ4n) is 9.15. The summed E-state index contributed by atoms with van der Waals surface area (Å²) in [7, 11) is 0.315. The highest BCUT2D eigenvalue weighted by molar-refractivity contribution is 7.84. The van der Waals surface area contributed by atoms with Gasteiger partial charge in [0.05, 0.1) is 24.9 Å². The summed E-state index contributed by atoms with van der Waals surface area (Å²) < 4.78 is 88.7. The van der Waals surface area contributed by atoms with Gasteiger partial charge in [-0.25, -0.2) is 4.79 Å². The van der Waals surface area contributed by atoms with Gasteiger partial charge in [0, 0.05) is 42.0 Å². The van der Waals surface area contributed by atoms with Crippen LogP contribution in [0.4, 0.5) is 26.7 Å². The third kappa shape index (κ3) is 6.82. The molecule has 0 saturated heterocycles. The number of nitrogens with zero attached hydrogens (tertiary/aromatic N) is 2. The van der Waals surface area contributed by atoms with Gasteiger partial charge >= 0.3 is 18.2 Å². The van der Waals surface area contributed by atoms with E-state index in [2.05, 4.69) is 18.0 Å². The number of rotatable bonds is 10. The number of aromatic nitrogens is 1. The largest absolute Gasteiger partial charge is 0.453 e. The van der Waals surface area contributed by atoms with Crippen molar-refractivity contribution >= 4 is 16.9 Å². The lowest BCUT2D eigenvalue weighted by Gasteiger charge is -2.53. The van der Waals surface area contributed by atoms with Gasteiger partial charge in [-0.15, -0.1) is 0 Å². The lowest BCUT2D eigenvalue weighted by Crippen LogP contribution is -2.47. The number of fused-ring (bicyclic) bond motifs is 6. The first-order valence-corrected chi connectivity index (χ1v) is 18.1. The van der Waals surface area contributed by atoms with E-state index in [9.17, 15) is 31.0 Å². The molecule has 12 heteroatoms. The van der Waals surface area contributed by atoms with Crippen molar-refractivity contribution in [1.29, 1.82) is 0 Å². The first-order valence-electron chi connectivity index (χ1n) is 16.7. The van der Waals surface area contributed by atoms with Crippen molar-refractivity contribution in [3.63, 3.8) is 0 Å². The molecule has 1 aromatic heterocycles. The van der Waals surface area contributed by atoms with Crippen LogP contribution in [0.5, 0.6) is 5.75 Å². The Labute approximate surface area is 275 Å². The van der Waals surface area contributed by atoms with Crippen molar-refractivity contribution in [3.05, 3.63) is 58.9 Å². The molecule has 6 rings (SSSR count). The monoisotopic (exact) mass is 682 g/mol.